The van der Waals surface area contributed by atoms with Crippen LogP contribution in [-0.4, -0.2) is 29.1 Å². The molecule has 2 fully saturated rings. The largest absolute Gasteiger partial charge is 0.353 e. The molecule has 5 heteroatoms. The highest BCUT2D eigenvalue weighted by Gasteiger charge is 2.40. The molecule has 1 saturated carbocycles. The van der Waals surface area contributed by atoms with Crippen LogP contribution in [0.3, 0.4) is 0 Å². The molecule has 1 aliphatic heterocycles. The molecule has 1 aromatic carbocycles. The molecule has 3 N–H and O–H groups in total. The van der Waals surface area contributed by atoms with Crippen molar-refractivity contribution in [3.05, 3.63) is 36.5 Å². The minimum Gasteiger partial charge on any atom is -0.353 e. The molecule has 1 amide bonds. The van der Waals surface area contributed by atoms with Gasteiger partial charge in [0.05, 0.1) is 0 Å². The normalized spacial score (nSPS) is 27.0. The Morgan fingerprint density at radius 2 is 2.04 bits per heavy atom. The highest BCUT2D eigenvalue weighted by atomic mass is 16.2. The summed E-state index contributed by atoms with van der Waals surface area (Å²) in [6.07, 6.45) is 6.92. The lowest BCUT2D eigenvalue weighted by Gasteiger charge is -2.26. The van der Waals surface area contributed by atoms with Crippen molar-refractivity contribution in [3.63, 3.8) is 0 Å². The van der Waals surface area contributed by atoms with Gasteiger partial charge < -0.3 is 9.88 Å². The van der Waals surface area contributed by atoms with E-state index in [1.54, 1.807) is 0 Å². The lowest BCUT2D eigenvalue weighted by Crippen LogP contribution is -2.46. The summed E-state index contributed by atoms with van der Waals surface area (Å²) in [5.74, 6) is 0.569. The van der Waals surface area contributed by atoms with E-state index in [9.17, 15) is 4.79 Å². The van der Waals surface area contributed by atoms with Crippen LogP contribution in [0.15, 0.2) is 36.5 Å². The number of benzene rings is 1. The zero-order chi connectivity index (χ0) is 15.6. The van der Waals surface area contributed by atoms with Gasteiger partial charge in [-0.3, -0.25) is 10.2 Å². The first-order valence-electron chi connectivity index (χ1n) is 8.65. The Kier molecular flexibility index (Phi) is 4.06. The van der Waals surface area contributed by atoms with Crippen LogP contribution >= 0.6 is 0 Å². The molecule has 2 heterocycles. The van der Waals surface area contributed by atoms with Crippen molar-refractivity contribution >= 4 is 16.8 Å². The summed E-state index contributed by atoms with van der Waals surface area (Å²) >= 11 is 0. The number of hydrazine groups is 1. The van der Waals surface area contributed by atoms with Crippen LogP contribution in [0.4, 0.5) is 0 Å². The van der Waals surface area contributed by atoms with E-state index in [0.717, 1.165) is 13.0 Å². The number of aromatic nitrogens is 1. The van der Waals surface area contributed by atoms with Crippen molar-refractivity contribution in [2.75, 3.05) is 6.54 Å². The van der Waals surface area contributed by atoms with Gasteiger partial charge in [-0.15, -0.1) is 0 Å². The van der Waals surface area contributed by atoms with Gasteiger partial charge in [0.15, 0.2) is 0 Å². The highest BCUT2D eigenvalue weighted by molar-refractivity contribution is 5.82. The average Bonchev–Trinajstić information content (AvgIpc) is 3.19. The molecular formula is C18H24N4O. The molecule has 23 heavy (non-hydrogen) atoms. The first-order valence-corrected chi connectivity index (χ1v) is 8.65. The number of carbonyl (C=O) groups is 1. The highest BCUT2D eigenvalue weighted by Crippen LogP contribution is 2.30. The van der Waals surface area contributed by atoms with Gasteiger partial charge in [0.1, 0.15) is 6.04 Å². The van der Waals surface area contributed by atoms with Crippen molar-refractivity contribution < 1.29 is 4.79 Å². The van der Waals surface area contributed by atoms with Crippen molar-refractivity contribution in [1.29, 1.82) is 0 Å². The average molecular weight is 312 g/mol. The molecule has 0 bridgehead atoms. The van der Waals surface area contributed by atoms with Gasteiger partial charge in [0.2, 0.25) is 5.91 Å². The standard InChI is InChI=1S/C18H24N4O/c23-18(17-14-6-2-3-7-15(14)20-21-17)19-10-12-22-11-9-13-5-1-4-8-16(13)22/h1,4-5,8-9,11,14-15,17,20-21H,2-3,6-7,10,12H2,(H,19,23). The van der Waals surface area contributed by atoms with Crippen LogP contribution in [0.1, 0.15) is 25.7 Å². The van der Waals surface area contributed by atoms with Crippen LogP contribution in [0.25, 0.3) is 10.9 Å². The van der Waals surface area contributed by atoms with Gasteiger partial charge in [-0.1, -0.05) is 31.0 Å². The fourth-order valence-corrected chi connectivity index (χ4v) is 4.05. The third kappa shape index (κ3) is 2.86. The van der Waals surface area contributed by atoms with E-state index in [4.69, 9.17) is 0 Å². The molecule has 5 nitrogen and oxygen atoms in total. The fraction of sp³-hybridized carbons (Fsp3) is 0.500. The molecule has 1 aliphatic carbocycles. The van der Waals surface area contributed by atoms with Crippen molar-refractivity contribution in [3.8, 4) is 0 Å². The molecule has 122 valence electrons. The maximum absolute atomic E-state index is 12.5. The van der Waals surface area contributed by atoms with Gasteiger partial charge in [-0.25, -0.2) is 5.43 Å². The number of fused-ring (bicyclic) bond motifs is 2. The molecule has 1 aromatic heterocycles. The number of amides is 1. The predicted octanol–water partition coefficient (Wildman–Crippen LogP) is 1.79. The first-order chi connectivity index (χ1) is 11.3. The van der Waals surface area contributed by atoms with E-state index in [1.165, 1.54) is 30.2 Å². The molecular weight excluding hydrogens is 288 g/mol. The lowest BCUT2D eigenvalue weighted by atomic mass is 9.81. The van der Waals surface area contributed by atoms with E-state index in [-0.39, 0.29) is 11.9 Å². The Morgan fingerprint density at radius 3 is 3.00 bits per heavy atom. The fourth-order valence-electron chi connectivity index (χ4n) is 4.05. The lowest BCUT2D eigenvalue weighted by molar-refractivity contribution is -0.124. The third-order valence-corrected chi connectivity index (χ3v) is 5.29. The van der Waals surface area contributed by atoms with E-state index in [2.05, 4.69) is 51.2 Å². The van der Waals surface area contributed by atoms with Gasteiger partial charge in [0, 0.05) is 36.8 Å². The minimum absolute atomic E-state index is 0.0818. The second-order valence-electron chi connectivity index (χ2n) is 6.68. The molecule has 3 atom stereocenters. The molecule has 4 rings (SSSR count). The second-order valence-corrected chi connectivity index (χ2v) is 6.68. The zero-order valence-corrected chi connectivity index (χ0v) is 13.3. The second kappa shape index (κ2) is 6.34. The molecule has 1 saturated heterocycles. The van der Waals surface area contributed by atoms with E-state index in [1.807, 2.05) is 6.07 Å². The predicted molar refractivity (Wildman–Crippen MR) is 90.8 cm³/mol. The minimum atomic E-state index is -0.0818. The quantitative estimate of drug-likeness (QED) is 0.807. The van der Waals surface area contributed by atoms with Crippen LogP contribution in [0.2, 0.25) is 0 Å². The number of nitrogens with one attached hydrogen (secondary N) is 3. The summed E-state index contributed by atoms with van der Waals surface area (Å²) in [5, 5.41) is 4.34. The Hall–Kier alpha value is -1.85. The zero-order valence-electron chi connectivity index (χ0n) is 13.3. The number of hydrogen-bond donors (Lipinski definition) is 3. The topological polar surface area (TPSA) is 58.1 Å². The summed E-state index contributed by atoms with van der Waals surface area (Å²) in [4.78, 5) is 12.5. The van der Waals surface area contributed by atoms with E-state index in [0.29, 0.717) is 18.5 Å². The summed E-state index contributed by atoms with van der Waals surface area (Å²) < 4.78 is 2.19. The smallest absolute Gasteiger partial charge is 0.238 e. The molecule has 2 aliphatic rings. The SMILES string of the molecule is O=C(NCCn1ccc2ccccc21)C1NNC2CCCCC21. The van der Waals surface area contributed by atoms with E-state index < -0.39 is 0 Å². The maximum atomic E-state index is 12.5. The summed E-state index contributed by atoms with van der Waals surface area (Å²) in [6, 6.07) is 10.8. The number of rotatable bonds is 4. The van der Waals surface area contributed by atoms with Crippen LogP contribution in [0.5, 0.6) is 0 Å². The first kappa shape index (κ1) is 14.7. The van der Waals surface area contributed by atoms with Crippen molar-refractivity contribution in [1.82, 2.24) is 20.7 Å². The van der Waals surface area contributed by atoms with Crippen molar-refractivity contribution in [2.24, 2.45) is 5.92 Å². The number of hydrogen-bond acceptors (Lipinski definition) is 3. The molecule has 3 unspecified atom stereocenters. The van der Waals surface area contributed by atoms with E-state index >= 15 is 0 Å². The van der Waals surface area contributed by atoms with Crippen LogP contribution < -0.4 is 16.2 Å². The van der Waals surface area contributed by atoms with Crippen LogP contribution in [-0.2, 0) is 11.3 Å². The molecule has 0 spiro atoms. The number of carbonyl (C=O) groups excluding carboxylic acids is 1. The number of nitrogens with zero attached hydrogens (tertiary/aromatic N) is 1. The van der Waals surface area contributed by atoms with Gasteiger partial charge in [-0.2, -0.15) is 0 Å². The van der Waals surface area contributed by atoms with Crippen LogP contribution in [0, 0.1) is 5.92 Å². The summed E-state index contributed by atoms with van der Waals surface area (Å²) in [6.45, 7) is 1.46. The monoisotopic (exact) mass is 312 g/mol. The Balaban J connectivity index is 1.33. The third-order valence-electron chi connectivity index (χ3n) is 5.29. The van der Waals surface area contributed by atoms with Crippen molar-refractivity contribution in [2.45, 2.75) is 44.3 Å². The maximum Gasteiger partial charge on any atom is 0.238 e. The molecule has 0 radical (unpaired) electrons. The Labute approximate surface area is 136 Å². The van der Waals surface area contributed by atoms with Gasteiger partial charge in [-0.05, 0) is 30.4 Å². The summed E-state index contributed by atoms with van der Waals surface area (Å²) in [7, 11) is 0. The Bertz CT molecular complexity index is 695. The number of para-hydroxylation sites is 1. The Morgan fingerprint density at radius 1 is 1.17 bits per heavy atom. The summed E-state index contributed by atoms with van der Waals surface area (Å²) in [5.41, 5.74) is 7.72. The van der Waals surface area contributed by atoms with Gasteiger partial charge in [0.25, 0.3) is 0 Å². The van der Waals surface area contributed by atoms with Gasteiger partial charge >= 0.3 is 0 Å². The molecule has 2 aromatic rings.